The van der Waals surface area contributed by atoms with E-state index in [0.717, 1.165) is 11.5 Å². The Bertz CT molecular complexity index is 407. The average Bonchev–Trinajstić information content (AvgIpc) is 2.38. The highest BCUT2D eigenvalue weighted by Crippen LogP contribution is 2.35. The molecule has 4 nitrogen and oxygen atoms in total. The zero-order valence-corrected chi connectivity index (χ0v) is 11.3. The smallest absolute Gasteiger partial charge is 0.161 e. The van der Waals surface area contributed by atoms with E-state index < -0.39 is 0 Å². The maximum atomic E-state index is 5.80. The minimum atomic E-state index is 0.297. The van der Waals surface area contributed by atoms with Crippen LogP contribution in [-0.2, 0) is 0 Å². The maximum Gasteiger partial charge on any atom is 0.161 e. The fraction of sp³-hybridized carbons (Fsp3) is 0.571. The summed E-state index contributed by atoms with van der Waals surface area (Å²) in [6.07, 6.45) is 0. The quantitative estimate of drug-likeness (QED) is 0.883. The highest BCUT2D eigenvalue weighted by Gasteiger charge is 2.22. The molecule has 0 radical (unpaired) electrons. The zero-order valence-electron chi connectivity index (χ0n) is 11.3. The van der Waals surface area contributed by atoms with Gasteiger partial charge in [0.2, 0.25) is 0 Å². The summed E-state index contributed by atoms with van der Waals surface area (Å²) in [5, 5.41) is 0. The molecule has 0 amide bonds. The Kier molecular flexibility index (Phi) is 4.09. The molecule has 0 bridgehead atoms. The largest absolute Gasteiger partial charge is 0.486 e. The van der Waals surface area contributed by atoms with Crippen LogP contribution in [0, 0.1) is 5.92 Å². The lowest BCUT2D eigenvalue weighted by atomic mass is 9.93. The summed E-state index contributed by atoms with van der Waals surface area (Å²) in [5.41, 5.74) is 7.03. The first-order chi connectivity index (χ1) is 8.63. The van der Waals surface area contributed by atoms with Gasteiger partial charge in [-0.15, -0.1) is 0 Å². The van der Waals surface area contributed by atoms with Gasteiger partial charge in [0.1, 0.15) is 13.2 Å². The van der Waals surface area contributed by atoms with Gasteiger partial charge in [0.05, 0.1) is 0 Å². The molecule has 1 aliphatic rings. The molecule has 0 spiro atoms. The predicted octanol–water partition coefficient (Wildman–Crippen LogP) is 1.66. The molecule has 2 N–H and O–H groups in total. The van der Waals surface area contributed by atoms with Gasteiger partial charge >= 0.3 is 0 Å². The van der Waals surface area contributed by atoms with Crippen molar-refractivity contribution < 1.29 is 9.47 Å². The van der Waals surface area contributed by atoms with Crippen molar-refractivity contribution in [2.75, 3.05) is 33.9 Å². The Balaban J connectivity index is 2.30. The molecule has 2 rings (SSSR count). The van der Waals surface area contributed by atoms with Crippen molar-refractivity contribution in [3.05, 3.63) is 23.8 Å². The monoisotopic (exact) mass is 250 g/mol. The molecule has 0 aromatic heterocycles. The van der Waals surface area contributed by atoms with Gasteiger partial charge < -0.3 is 20.1 Å². The number of hydrogen-bond donors (Lipinski definition) is 1. The highest BCUT2D eigenvalue weighted by molar-refractivity contribution is 5.44. The molecule has 100 valence electrons. The Hall–Kier alpha value is -1.26. The van der Waals surface area contributed by atoms with Crippen LogP contribution >= 0.6 is 0 Å². The second-order valence-electron chi connectivity index (χ2n) is 5.02. The van der Waals surface area contributed by atoms with E-state index in [-0.39, 0.29) is 0 Å². The average molecular weight is 250 g/mol. The van der Waals surface area contributed by atoms with E-state index in [1.165, 1.54) is 5.56 Å². The molecule has 2 unspecified atom stereocenters. The maximum absolute atomic E-state index is 5.80. The lowest BCUT2D eigenvalue weighted by molar-refractivity contribution is 0.170. The third kappa shape index (κ3) is 2.60. The summed E-state index contributed by atoms with van der Waals surface area (Å²) in [4.78, 5) is 2.20. The lowest BCUT2D eigenvalue weighted by Crippen LogP contribution is -2.30. The van der Waals surface area contributed by atoms with Crippen molar-refractivity contribution in [2.45, 2.75) is 13.0 Å². The number of hydrogen-bond acceptors (Lipinski definition) is 4. The molecule has 0 fully saturated rings. The van der Waals surface area contributed by atoms with Crippen LogP contribution in [0.3, 0.4) is 0 Å². The van der Waals surface area contributed by atoms with Crippen LogP contribution in [0.5, 0.6) is 11.5 Å². The molecule has 1 aromatic rings. The van der Waals surface area contributed by atoms with Gasteiger partial charge in [-0.2, -0.15) is 0 Å². The van der Waals surface area contributed by atoms with E-state index in [1.54, 1.807) is 0 Å². The molecule has 18 heavy (non-hydrogen) atoms. The zero-order chi connectivity index (χ0) is 13.1. The Labute approximate surface area is 109 Å². The van der Waals surface area contributed by atoms with E-state index in [2.05, 4.69) is 38.1 Å². The lowest BCUT2D eigenvalue weighted by Gasteiger charge is -2.30. The number of nitrogens with zero attached hydrogens (tertiary/aromatic N) is 1. The van der Waals surface area contributed by atoms with Crippen LogP contribution in [0.2, 0.25) is 0 Å². The summed E-state index contributed by atoms with van der Waals surface area (Å²) >= 11 is 0. The molecule has 2 atom stereocenters. The molecule has 4 heteroatoms. The van der Waals surface area contributed by atoms with Gasteiger partial charge in [-0.25, -0.2) is 0 Å². The number of nitrogens with two attached hydrogens (primary N) is 1. The summed E-state index contributed by atoms with van der Waals surface area (Å²) in [6.45, 7) is 4.08. The Morgan fingerprint density at radius 3 is 2.50 bits per heavy atom. The number of fused-ring (bicyclic) bond motifs is 1. The second kappa shape index (κ2) is 5.59. The first-order valence-electron chi connectivity index (χ1n) is 6.39. The molecule has 0 aliphatic carbocycles. The number of benzene rings is 1. The molecule has 1 heterocycles. The molecular formula is C14H22N2O2. The Morgan fingerprint density at radius 1 is 1.22 bits per heavy atom. The van der Waals surface area contributed by atoms with Crippen molar-refractivity contribution in [2.24, 2.45) is 11.7 Å². The number of ether oxygens (including phenoxy) is 2. The van der Waals surface area contributed by atoms with Crippen LogP contribution in [0.15, 0.2) is 18.2 Å². The van der Waals surface area contributed by atoms with Crippen molar-refractivity contribution in [3.63, 3.8) is 0 Å². The van der Waals surface area contributed by atoms with Crippen molar-refractivity contribution in [1.29, 1.82) is 0 Å². The molecule has 0 saturated heterocycles. The normalized spacial score (nSPS) is 17.6. The van der Waals surface area contributed by atoms with E-state index in [9.17, 15) is 0 Å². The Morgan fingerprint density at radius 2 is 1.89 bits per heavy atom. The first-order valence-corrected chi connectivity index (χ1v) is 6.39. The van der Waals surface area contributed by atoms with E-state index in [4.69, 9.17) is 15.2 Å². The minimum Gasteiger partial charge on any atom is -0.486 e. The predicted molar refractivity (Wildman–Crippen MR) is 72.1 cm³/mol. The summed E-state index contributed by atoms with van der Waals surface area (Å²) < 4.78 is 11.2. The van der Waals surface area contributed by atoms with Crippen LogP contribution < -0.4 is 15.2 Å². The van der Waals surface area contributed by atoms with Crippen molar-refractivity contribution >= 4 is 0 Å². The molecule has 1 aromatic carbocycles. The molecule has 0 saturated carbocycles. The third-order valence-corrected chi connectivity index (χ3v) is 3.37. The topological polar surface area (TPSA) is 47.7 Å². The van der Waals surface area contributed by atoms with Gasteiger partial charge in [-0.3, -0.25) is 0 Å². The molecular weight excluding hydrogens is 228 g/mol. The van der Waals surface area contributed by atoms with Crippen LogP contribution in [-0.4, -0.2) is 38.8 Å². The van der Waals surface area contributed by atoms with Crippen LogP contribution in [0.4, 0.5) is 0 Å². The fourth-order valence-corrected chi connectivity index (χ4v) is 2.51. The van der Waals surface area contributed by atoms with Gasteiger partial charge in [-0.05, 0) is 44.3 Å². The first kappa shape index (κ1) is 13.2. The van der Waals surface area contributed by atoms with Crippen molar-refractivity contribution in [3.8, 4) is 11.5 Å². The van der Waals surface area contributed by atoms with Gasteiger partial charge in [0.25, 0.3) is 0 Å². The third-order valence-electron chi connectivity index (χ3n) is 3.37. The summed E-state index contributed by atoms with van der Waals surface area (Å²) in [5.74, 6) is 2.07. The van der Waals surface area contributed by atoms with E-state index in [0.29, 0.717) is 31.7 Å². The second-order valence-corrected chi connectivity index (χ2v) is 5.02. The summed E-state index contributed by atoms with van der Waals surface area (Å²) in [7, 11) is 4.15. The SMILES string of the molecule is CC(CN)C(c1ccc2c(c1)OCCO2)N(C)C. The van der Waals surface area contributed by atoms with Gasteiger partial charge in [0.15, 0.2) is 11.5 Å². The van der Waals surface area contributed by atoms with Gasteiger partial charge in [-0.1, -0.05) is 13.0 Å². The highest BCUT2D eigenvalue weighted by atomic mass is 16.6. The van der Waals surface area contributed by atoms with E-state index in [1.807, 2.05) is 6.07 Å². The van der Waals surface area contributed by atoms with Crippen molar-refractivity contribution in [1.82, 2.24) is 4.90 Å². The molecule has 1 aliphatic heterocycles. The minimum absolute atomic E-state index is 0.297. The van der Waals surface area contributed by atoms with Crippen LogP contribution in [0.25, 0.3) is 0 Å². The standard InChI is InChI=1S/C14H22N2O2/c1-10(9-15)14(16(2)3)11-4-5-12-13(8-11)18-7-6-17-12/h4-5,8,10,14H,6-7,9,15H2,1-3H3. The number of rotatable bonds is 4. The van der Waals surface area contributed by atoms with Gasteiger partial charge in [0, 0.05) is 6.04 Å². The fourth-order valence-electron chi connectivity index (χ4n) is 2.51. The van der Waals surface area contributed by atoms with Crippen LogP contribution in [0.1, 0.15) is 18.5 Å². The van der Waals surface area contributed by atoms with E-state index >= 15 is 0 Å². The summed E-state index contributed by atoms with van der Waals surface area (Å²) in [6, 6.07) is 6.46.